The van der Waals surface area contributed by atoms with Crippen LogP contribution in [0, 0.1) is 0 Å². The molecular formula is C6H10ClNO. The van der Waals surface area contributed by atoms with Gasteiger partial charge in [0.1, 0.15) is 0 Å². The number of hydrogen-bond acceptors (Lipinski definition) is 1. The van der Waals surface area contributed by atoms with Crippen LogP contribution in [0.5, 0.6) is 0 Å². The van der Waals surface area contributed by atoms with E-state index in [9.17, 15) is 4.79 Å². The lowest BCUT2D eigenvalue weighted by Crippen LogP contribution is -2.33. The molecule has 1 aliphatic heterocycles. The van der Waals surface area contributed by atoms with Gasteiger partial charge in [0.15, 0.2) is 0 Å². The molecule has 0 radical (unpaired) electrons. The molecule has 9 heavy (non-hydrogen) atoms. The summed E-state index contributed by atoms with van der Waals surface area (Å²) in [6.07, 6.45) is 2.83. The fourth-order valence-electron chi connectivity index (χ4n) is 0.988. The van der Waals surface area contributed by atoms with Crippen molar-refractivity contribution >= 4 is 17.5 Å². The molecule has 1 fully saturated rings. The van der Waals surface area contributed by atoms with Crippen molar-refractivity contribution in [3.8, 4) is 0 Å². The minimum atomic E-state index is 0.205. The van der Waals surface area contributed by atoms with Gasteiger partial charge in [-0.1, -0.05) is 0 Å². The summed E-state index contributed by atoms with van der Waals surface area (Å²) in [6, 6.07) is 0.360. The maximum atomic E-state index is 10.9. The number of carbonyl (C=O) groups excluding carboxylic acids is 1. The molecule has 0 aromatic carbocycles. The minimum absolute atomic E-state index is 0.205. The monoisotopic (exact) mass is 147 g/mol. The number of alkyl halides is 1. The summed E-state index contributed by atoms with van der Waals surface area (Å²) < 4.78 is 0. The van der Waals surface area contributed by atoms with Gasteiger partial charge in [0.25, 0.3) is 0 Å². The van der Waals surface area contributed by atoms with Gasteiger partial charge in [0.2, 0.25) is 5.91 Å². The van der Waals surface area contributed by atoms with Gasteiger partial charge in [-0.3, -0.25) is 4.79 Å². The first-order chi connectivity index (χ1) is 4.34. The van der Waals surface area contributed by atoms with Crippen LogP contribution in [0.4, 0.5) is 0 Å². The number of carbonyl (C=O) groups is 1. The van der Waals surface area contributed by atoms with Gasteiger partial charge < -0.3 is 4.90 Å². The Morgan fingerprint density at radius 1 is 1.56 bits per heavy atom. The molecule has 0 bridgehead atoms. The Kier molecular flexibility index (Phi) is 2.34. The summed E-state index contributed by atoms with van der Waals surface area (Å²) in [4.78, 5) is 12.6. The molecule has 1 aliphatic rings. The second-order valence-corrected chi connectivity index (χ2v) is 2.47. The fraction of sp³-hybridized carbons (Fsp3) is 0.833. The van der Waals surface area contributed by atoms with E-state index in [1.54, 1.807) is 4.90 Å². The quantitative estimate of drug-likeness (QED) is 0.403. The molecule has 0 aromatic rings. The van der Waals surface area contributed by atoms with Gasteiger partial charge in [-0.25, -0.2) is 0 Å². The van der Waals surface area contributed by atoms with Crippen LogP contribution < -0.4 is 0 Å². The topological polar surface area (TPSA) is 20.3 Å². The van der Waals surface area contributed by atoms with E-state index >= 15 is 0 Å². The standard InChI is InChI=1S/C6H10ClNO/c7-5-8-4-2-1-3-6(8)9/h1-5H2. The van der Waals surface area contributed by atoms with Gasteiger partial charge in [0, 0.05) is 13.0 Å². The van der Waals surface area contributed by atoms with Crippen LogP contribution in [0.25, 0.3) is 0 Å². The van der Waals surface area contributed by atoms with Gasteiger partial charge in [-0.05, 0) is 12.8 Å². The Hall–Kier alpha value is -0.240. The van der Waals surface area contributed by atoms with Crippen molar-refractivity contribution in [2.24, 2.45) is 0 Å². The van der Waals surface area contributed by atoms with Crippen LogP contribution in [0.1, 0.15) is 19.3 Å². The molecule has 0 aromatic heterocycles. The van der Waals surface area contributed by atoms with Crippen LogP contribution in [0.3, 0.4) is 0 Å². The molecule has 52 valence electrons. The molecule has 0 unspecified atom stereocenters. The van der Waals surface area contributed by atoms with E-state index in [1.807, 2.05) is 0 Å². The maximum Gasteiger partial charge on any atom is 0.223 e. The van der Waals surface area contributed by atoms with Crippen LogP contribution in [-0.4, -0.2) is 23.4 Å². The molecule has 1 amide bonds. The largest absolute Gasteiger partial charge is 0.329 e. The number of likely N-dealkylation sites (tertiary alicyclic amines) is 1. The first-order valence-electron chi connectivity index (χ1n) is 3.18. The zero-order valence-corrected chi connectivity index (χ0v) is 6.02. The number of piperidine rings is 1. The molecule has 0 N–H and O–H groups in total. The number of rotatable bonds is 1. The summed E-state index contributed by atoms with van der Waals surface area (Å²) in [7, 11) is 0. The predicted octanol–water partition coefficient (Wildman–Crippen LogP) is 1.20. The van der Waals surface area contributed by atoms with E-state index in [1.165, 1.54) is 0 Å². The second-order valence-electron chi connectivity index (χ2n) is 2.23. The van der Waals surface area contributed by atoms with Gasteiger partial charge >= 0.3 is 0 Å². The lowest BCUT2D eigenvalue weighted by Gasteiger charge is -2.23. The highest BCUT2D eigenvalue weighted by Crippen LogP contribution is 2.09. The summed E-state index contributed by atoms with van der Waals surface area (Å²) in [6.45, 7) is 0.850. The van der Waals surface area contributed by atoms with Crippen molar-refractivity contribution < 1.29 is 4.79 Å². The third-order valence-electron chi connectivity index (χ3n) is 1.57. The van der Waals surface area contributed by atoms with E-state index in [2.05, 4.69) is 0 Å². The van der Waals surface area contributed by atoms with E-state index < -0.39 is 0 Å². The van der Waals surface area contributed by atoms with Gasteiger partial charge in [-0.2, -0.15) is 0 Å². The third-order valence-corrected chi connectivity index (χ3v) is 1.85. The Balaban J connectivity index is 2.39. The molecule has 3 heteroatoms. The van der Waals surface area contributed by atoms with Crippen molar-refractivity contribution in [1.29, 1.82) is 0 Å². The molecule has 0 saturated carbocycles. The van der Waals surface area contributed by atoms with Crippen molar-refractivity contribution in [2.45, 2.75) is 19.3 Å². The Morgan fingerprint density at radius 2 is 2.33 bits per heavy atom. The zero-order chi connectivity index (χ0) is 6.69. The molecular weight excluding hydrogens is 138 g/mol. The number of nitrogens with zero attached hydrogens (tertiary/aromatic N) is 1. The van der Waals surface area contributed by atoms with E-state index in [0.717, 1.165) is 19.4 Å². The Morgan fingerprint density at radius 3 is 2.78 bits per heavy atom. The molecule has 0 aliphatic carbocycles. The average Bonchev–Trinajstić information content (AvgIpc) is 1.89. The Bertz CT molecular complexity index is 116. The molecule has 0 atom stereocenters. The van der Waals surface area contributed by atoms with Gasteiger partial charge in [0.05, 0.1) is 6.00 Å². The smallest absolute Gasteiger partial charge is 0.223 e. The van der Waals surface area contributed by atoms with Crippen LogP contribution in [-0.2, 0) is 4.79 Å². The zero-order valence-electron chi connectivity index (χ0n) is 5.27. The first-order valence-corrected chi connectivity index (χ1v) is 3.72. The third kappa shape index (κ3) is 1.58. The lowest BCUT2D eigenvalue weighted by atomic mass is 10.1. The van der Waals surface area contributed by atoms with Crippen molar-refractivity contribution in [1.82, 2.24) is 4.90 Å². The van der Waals surface area contributed by atoms with Crippen LogP contribution in [0.2, 0.25) is 0 Å². The lowest BCUT2D eigenvalue weighted by molar-refractivity contribution is -0.132. The highest BCUT2D eigenvalue weighted by Gasteiger charge is 2.15. The SMILES string of the molecule is O=C1CCCCN1CCl. The highest BCUT2D eigenvalue weighted by atomic mass is 35.5. The first kappa shape index (κ1) is 6.87. The van der Waals surface area contributed by atoms with Crippen LogP contribution in [0.15, 0.2) is 0 Å². The fourth-order valence-corrected chi connectivity index (χ4v) is 1.24. The normalized spacial score (nSPS) is 20.6. The van der Waals surface area contributed by atoms with Gasteiger partial charge in [-0.15, -0.1) is 11.6 Å². The second kappa shape index (κ2) is 3.06. The number of hydrogen-bond donors (Lipinski definition) is 0. The van der Waals surface area contributed by atoms with E-state index in [0.29, 0.717) is 12.4 Å². The molecule has 1 rings (SSSR count). The number of amides is 1. The molecule has 1 heterocycles. The summed E-state index contributed by atoms with van der Waals surface area (Å²) >= 11 is 5.48. The summed E-state index contributed by atoms with van der Waals surface area (Å²) in [5, 5.41) is 0. The van der Waals surface area contributed by atoms with E-state index in [-0.39, 0.29) is 5.91 Å². The molecule has 2 nitrogen and oxygen atoms in total. The minimum Gasteiger partial charge on any atom is -0.329 e. The number of halogens is 1. The van der Waals surface area contributed by atoms with Crippen molar-refractivity contribution in [3.05, 3.63) is 0 Å². The van der Waals surface area contributed by atoms with Crippen molar-refractivity contribution in [3.63, 3.8) is 0 Å². The highest BCUT2D eigenvalue weighted by molar-refractivity contribution is 6.18. The Labute approximate surface area is 59.8 Å². The van der Waals surface area contributed by atoms with Crippen LogP contribution >= 0.6 is 11.6 Å². The maximum absolute atomic E-state index is 10.9. The van der Waals surface area contributed by atoms with E-state index in [4.69, 9.17) is 11.6 Å². The predicted molar refractivity (Wildman–Crippen MR) is 36.3 cm³/mol. The summed E-state index contributed by atoms with van der Waals surface area (Å²) in [5.74, 6) is 0.205. The molecule has 1 saturated heterocycles. The molecule has 0 spiro atoms. The van der Waals surface area contributed by atoms with Crippen molar-refractivity contribution in [2.75, 3.05) is 12.5 Å². The average molecular weight is 148 g/mol. The summed E-state index contributed by atoms with van der Waals surface area (Å²) in [5.41, 5.74) is 0.